The molecule has 0 unspecified atom stereocenters. The number of halogens is 1. The van der Waals surface area contributed by atoms with Gasteiger partial charge in [0, 0.05) is 43.9 Å². The van der Waals surface area contributed by atoms with Crippen LogP contribution in [0.2, 0.25) is 0 Å². The van der Waals surface area contributed by atoms with Gasteiger partial charge in [0.25, 0.3) is 5.91 Å². The van der Waals surface area contributed by atoms with Gasteiger partial charge >= 0.3 is 0 Å². The molecule has 0 saturated carbocycles. The molecule has 10 nitrogen and oxygen atoms in total. The largest absolute Gasteiger partial charge is 0.366 e. The number of likely N-dealkylation sites (tertiary alicyclic amines) is 1. The van der Waals surface area contributed by atoms with Gasteiger partial charge in [0.05, 0.1) is 6.04 Å². The first-order chi connectivity index (χ1) is 19.2. The van der Waals surface area contributed by atoms with Gasteiger partial charge in [0.15, 0.2) is 10.9 Å². The lowest BCUT2D eigenvalue weighted by molar-refractivity contribution is -0.138. The molecule has 1 aromatic heterocycles. The van der Waals surface area contributed by atoms with Gasteiger partial charge < -0.3 is 30.1 Å². The number of nitrogens with one attached hydrogen (secondary N) is 2. The minimum Gasteiger partial charge on any atom is -0.366 e. The van der Waals surface area contributed by atoms with E-state index in [2.05, 4.69) is 32.5 Å². The third-order valence-corrected chi connectivity index (χ3v) is 8.82. The summed E-state index contributed by atoms with van der Waals surface area (Å²) in [5.41, 5.74) is 1.21. The number of nitrogens with zero attached hydrogens (tertiary/aromatic N) is 4. The third kappa shape index (κ3) is 5.76. The Hall–Kier alpha value is -2.93. The number of fused-ring (bicyclic) bond motifs is 1. The fraction of sp³-hybridized carbons (Fsp3) is 0.571. The molecule has 2 aromatic rings. The summed E-state index contributed by atoms with van der Waals surface area (Å²) in [5.74, 6) is -0.678. The quantitative estimate of drug-likeness (QED) is 0.492. The predicted molar refractivity (Wildman–Crippen MR) is 151 cm³/mol. The first kappa shape index (κ1) is 28.6. The summed E-state index contributed by atoms with van der Waals surface area (Å²) in [5, 5.41) is 6.33. The van der Waals surface area contributed by atoms with E-state index in [9.17, 15) is 18.8 Å². The van der Waals surface area contributed by atoms with Crippen LogP contribution in [0.1, 0.15) is 30.6 Å². The molecular weight excluding hydrogens is 535 g/mol. The monoisotopic (exact) mass is 572 g/mol. The first-order valence-corrected chi connectivity index (χ1v) is 14.6. The van der Waals surface area contributed by atoms with Crippen LogP contribution in [0.4, 0.5) is 9.52 Å². The Morgan fingerprint density at radius 1 is 1.18 bits per heavy atom. The van der Waals surface area contributed by atoms with Crippen molar-refractivity contribution in [3.63, 3.8) is 0 Å². The average molecular weight is 573 g/mol. The fourth-order valence-electron chi connectivity index (χ4n) is 5.65. The Kier molecular flexibility index (Phi) is 8.50. The number of Topliss-reactive ketones (excluding diaryl/α,β-unsaturated/α-hetero) is 1. The molecule has 0 aliphatic carbocycles. The summed E-state index contributed by atoms with van der Waals surface area (Å²) in [6, 6.07) is 5.01. The number of anilines is 1. The molecule has 0 radical (unpaired) electrons. The van der Waals surface area contributed by atoms with Gasteiger partial charge in [-0.15, -0.1) is 0 Å². The number of piperazine rings is 1. The van der Waals surface area contributed by atoms with Crippen LogP contribution in [-0.2, 0) is 14.3 Å². The summed E-state index contributed by atoms with van der Waals surface area (Å²) in [7, 11) is 3.85. The molecular formula is C28H37FN6O4S. The standard InChI is InChI=1S/C28H37FN6O4S/c1-16(2)13-19(27(38)35-14-20(30-3)24-23(35)21(36)15-39-24)31-26(37)18-7-5-17(6-8-18)22-25(29)40-28(32-22)34-11-9-33(4)10-12-34/h5-8,16,19-20,23-24,30H,9-15H2,1-4H3,(H,31,37)/t19-,20+,23+,24+/m0/s1. The van der Waals surface area contributed by atoms with E-state index < -0.39 is 18.0 Å². The van der Waals surface area contributed by atoms with Crippen molar-refractivity contribution in [3.05, 3.63) is 35.0 Å². The number of likely N-dealkylation sites (N-methyl/N-ethyl adjacent to an activating group) is 2. The van der Waals surface area contributed by atoms with Crippen LogP contribution in [0.5, 0.6) is 0 Å². The van der Waals surface area contributed by atoms with E-state index in [-0.39, 0.29) is 47.2 Å². The van der Waals surface area contributed by atoms with Gasteiger partial charge in [0.1, 0.15) is 30.5 Å². The maximum Gasteiger partial charge on any atom is 0.251 e. The number of rotatable bonds is 8. The predicted octanol–water partition coefficient (Wildman–Crippen LogP) is 1.61. The second-order valence-corrected chi connectivity index (χ2v) is 12.1. The lowest BCUT2D eigenvalue weighted by Crippen LogP contribution is -2.52. The van der Waals surface area contributed by atoms with Crippen molar-refractivity contribution in [2.24, 2.45) is 5.92 Å². The average Bonchev–Trinajstić information content (AvgIpc) is 3.62. The Labute approximate surface area is 237 Å². The molecule has 0 spiro atoms. The van der Waals surface area contributed by atoms with Gasteiger partial charge in [-0.25, -0.2) is 4.98 Å². The van der Waals surface area contributed by atoms with Crippen molar-refractivity contribution < 1.29 is 23.5 Å². The molecule has 4 heterocycles. The zero-order chi connectivity index (χ0) is 28.6. The second kappa shape index (κ2) is 11.9. The van der Waals surface area contributed by atoms with Gasteiger partial charge in [-0.2, -0.15) is 4.39 Å². The Bertz CT molecular complexity index is 1250. The highest BCUT2D eigenvalue weighted by Crippen LogP contribution is 2.32. The van der Waals surface area contributed by atoms with E-state index in [1.54, 1.807) is 36.2 Å². The number of ether oxygens (including phenoxy) is 1. The first-order valence-electron chi connectivity index (χ1n) is 13.8. The molecule has 40 heavy (non-hydrogen) atoms. The molecule has 2 N–H and O–H groups in total. The number of carbonyl (C=O) groups is 3. The molecule has 12 heteroatoms. The number of carbonyl (C=O) groups excluding carboxylic acids is 3. The summed E-state index contributed by atoms with van der Waals surface area (Å²) in [4.78, 5) is 49.8. The zero-order valence-corrected chi connectivity index (χ0v) is 24.2. The lowest BCUT2D eigenvalue weighted by atomic mass is 10.0. The summed E-state index contributed by atoms with van der Waals surface area (Å²) in [6.07, 6.45) is 0.0434. The summed E-state index contributed by atoms with van der Waals surface area (Å²) in [6.45, 7) is 7.69. The summed E-state index contributed by atoms with van der Waals surface area (Å²) >= 11 is 1.04. The van der Waals surface area contributed by atoms with Gasteiger partial charge in [0.2, 0.25) is 11.0 Å². The number of hydrogen-bond donors (Lipinski definition) is 2. The highest BCUT2D eigenvalue weighted by atomic mass is 32.1. The maximum atomic E-state index is 14.9. The molecule has 2 amide bonds. The van der Waals surface area contributed by atoms with Crippen LogP contribution in [0.15, 0.2) is 24.3 Å². The van der Waals surface area contributed by atoms with Gasteiger partial charge in [-0.05, 0) is 38.6 Å². The smallest absolute Gasteiger partial charge is 0.251 e. The van der Waals surface area contributed by atoms with Crippen LogP contribution in [0.3, 0.4) is 0 Å². The number of aromatic nitrogens is 1. The van der Waals surface area contributed by atoms with Crippen LogP contribution < -0.4 is 15.5 Å². The zero-order valence-electron chi connectivity index (χ0n) is 23.4. The number of thiazole rings is 1. The maximum absolute atomic E-state index is 14.9. The van der Waals surface area contributed by atoms with Crippen LogP contribution in [0, 0.1) is 11.0 Å². The van der Waals surface area contributed by atoms with Crippen molar-refractivity contribution in [1.29, 1.82) is 0 Å². The molecule has 1 aromatic carbocycles. The number of benzene rings is 1. The topological polar surface area (TPSA) is 107 Å². The minimum absolute atomic E-state index is 0.0126. The van der Waals surface area contributed by atoms with Crippen molar-refractivity contribution in [1.82, 2.24) is 25.4 Å². The minimum atomic E-state index is -0.793. The molecule has 3 fully saturated rings. The summed E-state index contributed by atoms with van der Waals surface area (Å²) < 4.78 is 20.5. The second-order valence-electron chi connectivity index (χ2n) is 11.2. The Morgan fingerprint density at radius 3 is 2.52 bits per heavy atom. The molecule has 0 bridgehead atoms. The highest BCUT2D eigenvalue weighted by molar-refractivity contribution is 7.14. The van der Waals surface area contributed by atoms with E-state index in [0.29, 0.717) is 29.2 Å². The van der Waals surface area contributed by atoms with Crippen molar-refractivity contribution in [2.45, 2.75) is 44.5 Å². The Balaban J connectivity index is 1.28. The van der Waals surface area contributed by atoms with E-state index in [4.69, 9.17) is 4.74 Å². The van der Waals surface area contributed by atoms with Crippen molar-refractivity contribution >= 4 is 34.1 Å². The van der Waals surface area contributed by atoms with Crippen LogP contribution >= 0.6 is 11.3 Å². The molecule has 3 saturated heterocycles. The molecule has 216 valence electrons. The van der Waals surface area contributed by atoms with Crippen LogP contribution in [-0.4, -0.2) is 110 Å². The molecule has 3 aliphatic rings. The van der Waals surface area contributed by atoms with Gasteiger partial charge in [-0.1, -0.05) is 37.3 Å². The molecule has 3 aliphatic heterocycles. The SMILES string of the molecule is CN[C@@H]1CN(C(=O)[C@H](CC(C)C)NC(=O)c2ccc(-c3nc(N4CCN(C)CC4)sc3F)cc2)[C@@H]2C(=O)CO[C@@H]21. The lowest BCUT2D eigenvalue weighted by Gasteiger charge is -2.31. The van der Waals surface area contributed by atoms with E-state index in [1.807, 2.05) is 13.8 Å². The van der Waals surface area contributed by atoms with E-state index in [1.165, 1.54) is 0 Å². The van der Waals surface area contributed by atoms with Gasteiger partial charge in [-0.3, -0.25) is 14.4 Å². The molecule has 4 atom stereocenters. The van der Waals surface area contributed by atoms with Crippen LogP contribution in [0.25, 0.3) is 11.3 Å². The Morgan fingerprint density at radius 2 is 1.88 bits per heavy atom. The van der Waals surface area contributed by atoms with Crippen molar-refractivity contribution in [3.8, 4) is 11.3 Å². The van der Waals surface area contributed by atoms with Crippen molar-refractivity contribution in [2.75, 3.05) is 58.3 Å². The number of ketones is 1. The normalized spacial score (nSPS) is 24.1. The highest BCUT2D eigenvalue weighted by Gasteiger charge is 2.52. The molecule has 5 rings (SSSR count). The number of amides is 2. The number of hydrogen-bond acceptors (Lipinski definition) is 9. The van der Waals surface area contributed by atoms with E-state index >= 15 is 0 Å². The third-order valence-electron chi connectivity index (χ3n) is 7.92. The fourth-order valence-corrected chi connectivity index (χ4v) is 6.52. The van der Waals surface area contributed by atoms with E-state index in [0.717, 1.165) is 37.5 Å².